The van der Waals surface area contributed by atoms with E-state index < -0.39 is 33.0 Å². The molecule has 2 aromatic rings. The Labute approximate surface area is 208 Å². The summed E-state index contributed by atoms with van der Waals surface area (Å²) in [6.07, 6.45) is 0. The second kappa shape index (κ2) is 10.9. The number of carbonyl (C=O) groups is 2. The standard InChI is InChI=1S/C23H27ClFN3O6S/c1-23(2,31)22(30)26-35(32,33)20-13-17(24)5-8-19(20)34-15-21(29)28-11-9-27(10-12-28)14-16-3-6-18(25)7-4-16/h3-8,13,31H,9-12,14-15H2,1-2H3,(H,26,30). The fraction of sp³-hybridized carbons (Fsp3) is 0.391. The monoisotopic (exact) mass is 527 g/mol. The number of hydrogen-bond acceptors (Lipinski definition) is 7. The van der Waals surface area contributed by atoms with Crippen molar-refractivity contribution >= 4 is 33.4 Å². The Bertz CT molecular complexity index is 1180. The molecule has 2 amide bonds. The van der Waals surface area contributed by atoms with Crippen molar-refractivity contribution in [2.24, 2.45) is 0 Å². The van der Waals surface area contributed by atoms with Gasteiger partial charge in [-0.05, 0) is 49.7 Å². The molecular weight excluding hydrogens is 501 g/mol. The summed E-state index contributed by atoms with van der Waals surface area (Å²) in [7, 11) is -4.43. The topological polar surface area (TPSA) is 116 Å². The van der Waals surface area contributed by atoms with Gasteiger partial charge in [0.1, 0.15) is 22.1 Å². The average molecular weight is 528 g/mol. The number of hydrogen-bond donors (Lipinski definition) is 2. The molecule has 12 heteroatoms. The van der Waals surface area contributed by atoms with Gasteiger partial charge in [-0.15, -0.1) is 0 Å². The van der Waals surface area contributed by atoms with E-state index in [4.69, 9.17) is 16.3 Å². The zero-order valence-electron chi connectivity index (χ0n) is 19.3. The minimum atomic E-state index is -4.43. The number of nitrogens with one attached hydrogen (secondary N) is 1. The molecule has 0 unspecified atom stereocenters. The summed E-state index contributed by atoms with van der Waals surface area (Å²) in [5.74, 6) is -1.91. The maximum Gasteiger partial charge on any atom is 0.267 e. The van der Waals surface area contributed by atoms with Crippen LogP contribution in [0.5, 0.6) is 5.75 Å². The van der Waals surface area contributed by atoms with Crippen LogP contribution < -0.4 is 9.46 Å². The third kappa shape index (κ3) is 7.38. The smallest absolute Gasteiger partial charge is 0.267 e. The summed E-state index contributed by atoms with van der Waals surface area (Å²) >= 11 is 5.93. The number of aliphatic hydroxyl groups is 1. The van der Waals surface area contributed by atoms with Gasteiger partial charge >= 0.3 is 0 Å². The predicted octanol–water partition coefficient (Wildman–Crippen LogP) is 1.78. The quantitative estimate of drug-likeness (QED) is 0.537. The highest BCUT2D eigenvalue weighted by molar-refractivity contribution is 7.90. The van der Waals surface area contributed by atoms with Gasteiger partial charge in [-0.3, -0.25) is 14.5 Å². The highest BCUT2D eigenvalue weighted by atomic mass is 35.5. The molecule has 3 rings (SSSR count). The van der Waals surface area contributed by atoms with Crippen LogP contribution >= 0.6 is 11.6 Å². The summed E-state index contributed by atoms with van der Waals surface area (Å²) in [5, 5.41) is 9.83. The SMILES string of the molecule is CC(C)(O)C(=O)NS(=O)(=O)c1cc(Cl)ccc1OCC(=O)N1CCN(Cc2ccc(F)cc2)CC1. The summed E-state index contributed by atoms with van der Waals surface area (Å²) in [6, 6.07) is 10.0. The van der Waals surface area contributed by atoms with Crippen LogP contribution in [0.25, 0.3) is 0 Å². The molecule has 0 aromatic heterocycles. The van der Waals surface area contributed by atoms with Crippen LogP contribution in [0, 0.1) is 5.82 Å². The zero-order valence-corrected chi connectivity index (χ0v) is 20.9. The lowest BCUT2D eigenvalue weighted by atomic mass is 10.1. The maximum absolute atomic E-state index is 13.1. The molecule has 0 aliphatic carbocycles. The van der Waals surface area contributed by atoms with E-state index >= 15 is 0 Å². The molecule has 0 radical (unpaired) electrons. The van der Waals surface area contributed by atoms with E-state index in [2.05, 4.69) is 4.90 Å². The first-order valence-corrected chi connectivity index (χ1v) is 12.7. The molecule has 0 bridgehead atoms. The molecule has 1 aliphatic heterocycles. The van der Waals surface area contributed by atoms with Crippen molar-refractivity contribution < 1.29 is 32.2 Å². The van der Waals surface area contributed by atoms with Crippen LogP contribution in [0.3, 0.4) is 0 Å². The Hall–Kier alpha value is -2.73. The lowest BCUT2D eigenvalue weighted by Crippen LogP contribution is -2.49. The molecule has 2 aromatic carbocycles. The number of halogens is 2. The van der Waals surface area contributed by atoms with Crippen LogP contribution in [0.15, 0.2) is 47.4 Å². The van der Waals surface area contributed by atoms with Gasteiger partial charge in [-0.25, -0.2) is 17.5 Å². The van der Waals surface area contributed by atoms with Crippen molar-refractivity contribution in [3.8, 4) is 5.75 Å². The number of carbonyl (C=O) groups excluding carboxylic acids is 2. The summed E-state index contributed by atoms with van der Waals surface area (Å²) in [4.78, 5) is 28.0. The van der Waals surface area contributed by atoms with Crippen molar-refractivity contribution in [3.05, 3.63) is 58.9 Å². The molecule has 0 atom stereocenters. The third-order valence-corrected chi connectivity index (χ3v) is 6.96. The Kier molecular flexibility index (Phi) is 8.37. The molecule has 0 saturated carbocycles. The number of piperazine rings is 1. The van der Waals surface area contributed by atoms with E-state index in [0.29, 0.717) is 32.7 Å². The van der Waals surface area contributed by atoms with Crippen molar-refractivity contribution in [1.29, 1.82) is 0 Å². The normalized spacial score (nSPS) is 15.1. The maximum atomic E-state index is 13.1. The van der Waals surface area contributed by atoms with Crippen molar-refractivity contribution in [3.63, 3.8) is 0 Å². The van der Waals surface area contributed by atoms with E-state index in [1.54, 1.807) is 21.8 Å². The number of amides is 2. The fourth-order valence-corrected chi connectivity index (χ4v) is 4.86. The van der Waals surface area contributed by atoms with E-state index in [1.807, 2.05) is 0 Å². The molecule has 0 spiro atoms. The third-order valence-electron chi connectivity index (χ3n) is 5.37. The Balaban J connectivity index is 1.59. The fourth-order valence-electron chi connectivity index (χ4n) is 3.35. The van der Waals surface area contributed by atoms with E-state index in [1.165, 1.54) is 24.3 Å². The summed E-state index contributed by atoms with van der Waals surface area (Å²) in [5.41, 5.74) is -0.954. The Morgan fingerprint density at radius 3 is 2.34 bits per heavy atom. The minimum absolute atomic E-state index is 0.0806. The highest BCUT2D eigenvalue weighted by Gasteiger charge is 2.31. The molecule has 9 nitrogen and oxygen atoms in total. The van der Waals surface area contributed by atoms with Gasteiger partial charge in [0.2, 0.25) is 0 Å². The van der Waals surface area contributed by atoms with E-state index in [-0.39, 0.29) is 22.5 Å². The van der Waals surface area contributed by atoms with Crippen LogP contribution in [0.4, 0.5) is 4.39 Å². The van der Waals surface area contributed by atoms with Gasteiger partial charge in [0, 0.05) is 37.7 Å². The molecular formula is C23H27ClFN3O6S. The lowest BCUT2D eigenvalue weighted by Gasteiger charge is -2.34. The number of benzene rings is 2. The second-order valence-electron chi connectivity index (χ2n) is 8.66. The number of ether oxygens (including phenoxy) is 1. The first-order valence-electron chi connectivity index (χ1n) is 10.8. The largest absolute Gasteiger partial charge is 0.482 e. The van der Waals surface area contributed by atoms with Crippen molar-refractivity contribution in [2.45, 2.75) is 30.9 Å². The number of sulfonamides is 1. The summed E-state index contributed by atoms with van der Waals surface area (Å²) in [6.45, 7) is 4.66. The van der Waals surface area contributed by atoms with Gasteiger partial charge in [-0.1, -0.05) is 23.7 Å². The van der Waals surface area contributed by atoms with Gasteiger partial charge in [-0.2, -0.15) is 0 Å². The molecule has 190 valence electrons. The van der Waals surface area contributed by atoms with E-state index in [9.17, 15) is 27.5 Å². The van der Waals surface area contributed by atoms with Crippen LogP contribution in [-0.4, -0.2) is 73.5 Å². The van der Waals surface area contributed by atoms with E-state index in [0.717, 1.165) is 25.5 Å². The lowest BCUT2D eigenvalue weighted by molar-refractivity contribution is -0.135. The molecule has 2 N–H and O–H groups in total. The summed E-state index contributed by atoms with van der Waals surface area (Å²) < 4.78 is 45.8. The van der Waals surface area contributed by atoms with Crippen LogP contribution in [-0.2, 0) is 26.2 Å². The molecule has 1 heterocycles. The Morgan fingerprint density at radius 1 is 1.11 bits per heavy atom. The van der Waals surface area contributed by atoms with Gasteiger partial charge in [0.25, 0.3) is 21.8 Å². The highest BCUT2D eigenvalue weighted by Crippen LogP contribution is 2.27. The molecule has 1 saturated heterocycles. The zero-order chi connectivity index (χ0) is 25.8. The first kappa shape index (κ1) is 26.9. The predicted molar refractivity (Wildman–Crippen MR) is 127 cm³/mol. The van der Waals surface area contributed by atoms with Crippen molar-refractivity contribution in [1.82, 2.24) is 14.5 Å². The number of nitrogens with zero attached hydrogens (tertiary/aromatic N) is 2. The van der Waals surface area contributed by atoms with Crippen LogP contribution in [0.1, 0.15) is 19.4 Å². The van der Waals surface area contributed by atoms with Gasteiger partial charge < -0.3 is 14.7 Å². The number of rotatable bonds is 8. The van der Waals surface area contributed by atoms with Crippen LogP contribution in [0.2, 0.25) is 5.02 Å². The van der Waals surface area contributed by atoms with Gasteiger partial charge in [0.05, 0.1) is 0 Å². The second-order valence-corrected chi connectivity index (χ2v) is 10.7. The average Bonchev–Trinajstić information content (AvgIpc) is 2.79. The van der Waals surface area contributed by atoms with Crippen molar-refractivity contribution in [2.75, 3.05) is 32.8 Å². The molecule has 1 fully saturated rings. The first-order chi connectivity index (χ1) is 16.3. The molecule has 1 aliphatic rings. The van der Waals surface area contributed by atoms with Gasteiger partial charge in [0.15, 0.2) is 6.61 Å². The Morgan fingerprint density at radius 2 is 1.74 bits per heavy atom. The molecule has 35 heavy (non-hydrogen) atoms. The minimum Gasteiger partial charge on any atom is -0.482 e.